The van der Waals surface area contributed by atoms with Gasteiger partial charge in [0.15, 0.2) is 0 Å². The van der Waals surface area contributed by atoms with E-state index in [0.717, 1.165) is 5.56 Å². The van der Waals surface area contributed by atoms with Gasteiger partial charge >= 0.3 is 0 Å². The normalized spacial score (nSPS) is 16.6. The van der Waals surface area contributed by atoms with Crippen molar-refractivity contribution in [2.24, 2.45) is 5.73 Å². The van der Waals surface area contributed by atoms with Crippen LogP contribution in [0.4, 0.5) is 10.1 Å². The topological polar surface area (TPSA) is 64.3 Å². The molecular weight excluding hydrogens is 339 g/mol. The van der Waals surface area contributed by atoms with Gasteiger partial charge < -0.3 is 15.8 Å². The van der Waals surface area contributed by atoms with Crippen LogP contribution in [0.15, 0.2) is 34.8 Å². The van der Waals surface area contributed by atoms with Crippen molar-refractivity contribution in [3.8, 4) is 11.5 Å². The predicted octanol–water partition coefficient (Wildman–Crippen LogP) is 3.64. The second-order valence-corrected chi connectivity index (χ2v) is 5.70. The van der Waals surface area contributed by atoms with Crippen LogP contribution in [0.1, 0.15) is 17.2 Å². The molecule has 0 saturated heterocycles. The molecule has 1 aliphatic heterocycles. The summed E-state index contributed by atoms with van der Waals surface area (Å²) in [6.07, 6.45) is 0. The van der Waals surface area contributed by atoms with Crippen molar-refractivity contribution in [3.05, 3.63) is 51.7 Å². The third-order valence-corrected chi connectivity index (χ3v) is 3.96. The van der Waals surface area contributed by atoms with Gasteiger partial charge in [-0.15, -0.1) is 0 Å². The smallest absolute Gasteiger partial charge is 0.245 e. The molecule has 1 aliphatic rings. The summed E-state index contributed by atoms with van der Waals surface area (Å²) in [4.78, 5) is 11.6. The molecule has 4 nitrogen and oxygen atoms in total. The molecule has 0 fully saturated rings. The zero-order valence-corrected chi connectivity index (χ0v) is 12.7. The number of amides is 1. The van der Waals surface area contributed by atoms with Crippen molar-refractivity contribution in [1.82, 2.24) is 0 Å². The summed E-state index contributed by atoms with van der Waals surface area (Å²) < 4.78 is 19.7. The molecule has 0 saturated carbocycles. The van der Waals surface area contributed by atoms with Gasteiger partial charge in [-0.05, 0) is 52.7 Å². The fourth-order valence-corrected chi connectivity index (χ4v) is 2.61. The molecule has 0 aromatic heterocycles. The first kappa shape index (κ1) is 14.0. The summed E-state index contributed by atoms with van der Waals surface area (Å²) in [5.74, 6) is 0.512. The van der Waals surface area contributed by atoms with Gasteiger partial charge in [0, 0.05) is 17.3 Å². The monoisotopic (exact) mass is 350 g/mol. The Balaban J connectivity index is 1.95. The fraction of sp³-hybridized carbons (Fsp3) is 0.133. The van der Waals surface area contributed by atoms with Crippen molar-refractivity contribution < 1.29 is 13.9 Å². The summed E-state index contributed by atoms with van der Waals surface area (Å²) in [6.45, 7) is 1.67. The molecule has 3 rings (SSSR count). The van der Waals surface area contributed by atoms with Crippen LogP contribution in [0.25, 0.3) is 0 Å². The lowest BCUT2D eigenvalue weighted by molar-refractivity contribution is -0.116. The number of nitrogens with two attached hydrogens (primary N) is 1. The Bertz CT molecular complexity index is 749. The Morgan fingerprint density at radius 2 is 2.10 bits per heavy atom. The van der Waals surface area contributed by atoms with Crippen LogP contribution in [0.2, 0.25) is 0 Å². The first-order valence-electron chi connectivity index (χ1n) is 6.29. The highest BCUT2D eigenvalue weighted by Crippen LogP contribution is 2.39. The highest BCUT2D eigenvalue weighted by Gasteiger charge is 2.28. The number of benzene rings is 2. The summed E-state index contributed by atoms with van der Waals surface area (Å²) in [5, 5.41) is 2.70. The Kier molecular flexibility index (Phi) is 3.43. The minimum absolute atomic E-state index is 0.244. The minimum atomic E-state index is -0.668. The number of halogens is 2. The van der Waals surface area contributed by atoms with Crippen LogP contribution in [-0.2, 0) is 4.79 Å². The molecule has 3 N–H and O–H groups in total. The average Bonchev–Trinajstić information content (AvgIpc) is 2.70. The molecule has 0 bridgehead atoms. The predicted molar refractivity (Wildman–Crippen MR) is 80.9 cm³/mol. The lowest BCUT2D eigenvalue weighted by atomic mass is 10.1. The van der Waals surface area contributed by atoms with E-state index in [1.807, 2.05) is 0 Å². The number of carbonyl (C=O) groups excluding carboxylic acids is 1. The number of nitrogens with one attached hydrogen (secondary N) is 1. The van der Waals surface area contributed by atoms with E-state index in [1.165, 1.54) is 6.07 Å². The molecule has 108 valence electrons. The Hall–Kier alpha value is -1.92. The maximum atomic E-state index is 13.3. The summed E-state index contributed by atoms with van der Waals surface area (Å²) in [5.41, 5.74) is 7.63. The molecule has 21 heavy (non-hydrogen) atoms. The Morgan fingerprint density at radius 3 is 2.81 bits per heavy atom. The van der Waals surface area contributed by atoms with E-state index in [-0.39, 0.29) is 11.7 Å². The van der Waals surface area contributed by atoms with E-state index in [1.54, 1.807) is 31.2 Å². The van der Waals surface area contributed by atoms with Crippen LogP contribution in [0.5, 0.6) is 11.5 Å². The third kappa shape index (κ3) is 2.52. The van der Waals surface area contributed by atoms with Gasteiger partial charge in [0.1, 0.15) is 23.4 Å². The van der Waals surface area contributed by atoms with E-state index < -0.39 is 6.04 Å². The molecular formula is C15H12BrFN2O2. The van der Waals surface area contributed by atoms with Crippen molar-refractivity contribution in [2.45, 2.75) is 13.0 Å². The Labute approximate surface area is 129 Å². The molecule has 2 aromatic rings. The van der Waals surface area contributed by atoms with Gasteiger partial charge in [-0.3, -0.25) is 4.79 Å². The van der Waals surface area contributed by atoms with Crippen molar-refractivity contribution in [2.75, 3.05) is 5.32 Å². The van der Waals surface area contributed by atoms with E-state index >= 15 is 0 Å². The minimum Gasteiger partial charge on any atom is -0.456 e. The highest BCUT2D eigenvalue weighted by molar-refractivity contribution is 9.10. The Morgan fingerprint density at radius 1 is 1.33 bits per heavy atom. The first-order valence-corrected chi connectivity index (χ1v) is 7.09. The van der Waals surface area contributed by atoms with Crippen molar-refractivity contribution in [1.29, 1.82) is 0 Å². The molecule has 0 radical (unpaired) electrons. The molecule has 1 heterocycles. The zero-order chi connectivity index (χ0) is 15.1. The SMILES string of the molecule is Cc1cc(Oc2cc3c(cc2Br)C(N)C(=O)N3)ccc1F. The number of rotatable bonds is 2. The number of aryl methyl sites for hydroxylation is 1. The first-order chi connectivity index (χ1) is 9.95. The molecule has 1 atom stereocenters. The number of hydrogen-bond donors (Lipinski definition) is 2. The van der Waals surface area contributed by atoms with Gasteiger partial charge in [-0.25, -0.2) is 4.39 Å². The molecule has 2 aromatic carbocycles. The van der Waals surface area contributed by atoms with Crippen molar-refractivity contribution in [3.63, 3.8) is 0 Å². The largest absolute Gasteiger partial charge is 0.456 e. The number of ether oxygens (including phenoxy) is 1. The zero-order valence-electron chi connectivity index (χ0n) is 11.1. The van der Waals surface area contributed by atoms with Crippen LogP contribution in [0, 0.1) is 12.7 Å². The van der Waals surface area contributed by atoms with Gasteiger partial charge in [0.25, 0.3) is 0 Å². The van der Waals surface area contributed by atoms with E-state index in [9.17, 15) is 9.18 Å². The molecule has 0 spiro atoms. The van der Waals surface area contributed by atoms with Crippen LogP contribution in [0.3, 0.4) is 0 Å². The maximum absolute atomic E-state index is 13.3. The quantitative estimate of drug-likeness (QED) is 0.868. The lowest BCUT2D eigenvalue weighted by Gasteiger charge is -2.11. The number of anilines is 1. The lowest BCUT2D eigenvalue weighted by Crippen LogP contribution is -2.19. The fourth-order valence-electron chi connectivity index (χ4n) is 2.17. The van der Waals surface area contributed by atoms with E-state index in [2.05, 4.69) is 21.2 Å². The summed E-state index contributed by atoms with van der Waals surface area (Å²) in [6, 6.07) is 7.29. The third-order valence-electron chi connectivity index (χ3n) is 3.34. The van der Waals surface area contributed by atoms with Crippen LogP contribution in [-0.4, -0.2) is 5.91 Å². The van der Waals surface area contributed by atoms with Crippen LogP contribution >= 0.6 is 15.9 Å². The summed E-state index contributed by atoms with van der Waals surface area (Å²) >= 11 is 3.39. The second kappa shape index (κ2) is 5.13. The van der Waals surface area contributed by atoms with Crippen molar-refractivity contribution >= 4 is 27.5 Å². The number of hydrogen-bond acceptors (Lipinski definition) is 3. The average molecular weight is 351 g/mol. The van der Waals surface area contributed by atoms with Gasteiger partial charge in [0.2, 0.25) is 5.91 Å². The molecule has 1 unspecified atom stereocenters. The van der Waals surface area contributed by atoms with Crippen LogP contribution < -0.4 is 15.8 Å². The van der Waals surface area contributed by atoms with Gasteiger partial charge in [0.05, 0.1) is 4.47 Å². The second-order valence-electron chi connectivity index (χ2n) is 4.85. The summed E-state index contributed by atoms with van der Waals surface area (Å²) in [7, 11) is 0. The molecule has 6 heteroatoms. The molecule has 0 aliphatic carbocycles. The van der Waals surface area contributed by atoms with Gasteiger partial charge in [-0.1, -0.05) is 0 Å². The standard InChI is InChI=1S/C15H12BrFN2O2/c1-7-4-8(2-3-11(7)17)21-13-6-12-9(5-10(13)16)14(18)15(20)19-12/h2-6,14H,18H2,1H3,(H,19,20). The number of carbonyl (C=O) groups is 1. The van der Waals surface area contributed by atoms with E-state index in [0.29, 0.717) is 27.2 Å². The van der Waals surface area contributed by atoms with Gasteiger partial charge in [-0.2, -0.15) is 0 Å². The highest BCUT2D eigenvalue weighted by atomic mass is 79.9. The number of fused-ring (bicyclic) bond motifs is 1. The van der Waals surface area contributed by atoms with E-state index in [4.69, 9.17) is 10.5 Å². The molecule has 1 amide bonds. The maximum Gasteiger partial charge on any atom is 0.245 e.